The zero-order valence-corrected chi connectivity index (χ0v) is 21.5. The zero-order valence-electron chi connectivity index (χ0n) is 21.5. The van der Waals surface area contributed by atoms with Crippen LogP contribution in [0, 0.1) is 0 Å². The molecule has 0 aromatic heterocycles. The Morgan fingerprint density at radius 2 is 0.969 bits per heavy atom. The number of esters is 1. The summed E-state index contributed by atoms with van der Waals surface area (Å²) in [6.45, 7) is 4.88. The molecule has 0 N–H and O–H groups in total. The van der Waals surface area contributed by atoms with Gasteiger partial charge < -0.3 is 4.74 Å². The Balaban J connectivity index is 1.81. The zero-order chi connectivity index (χ0) is 23.1. The summed E-state index contributed by atoms with van der Waals surface area (Å²) in [5, 5.41) is 0. The van der Waals surface area contributed by atoms with Gasteiger partial charge in [0, 0.05) is 6.42 Å². The second-order valence-electron chi connectivity index (χ2n) is 9.63. The number of rotatable bonds is 22. The van der Waals surface area contributed by atoms with E-state index in [1.54, 1.807) is 0 Å². The number of unbranched alkanes of at least 4 members (excludes halogenated alkanes) is 16. The molecule has 0 bridgehead atoms. The van der Waals surface area contributed by atoms with Crippen LogP contribution in [0.4, 0.5) is 0 Å². The van der Waals surface area contributed by atoms with Crippen molar-refractivity contribution in [1.29, 1.82) is 0 Å². The van der Waals surface area contributed by atoms with Gasteiger partial charge in [0.2, 0.25) is 0 Å². The fourth-order valence-corrected chi connectivity index (χ4v) is 4.32. The maximum atomic E-state index is 11.9. The number of aryl methyl sites for hydroxylation is 1. The summed E-state index contributed by atoms with van der Waals surface area (Å²) >= 11 is 0. The van der Waals surface area contributed by atoms with Crippen molar-refractivity contribution in [3.05, 3.63) is 35.4 Å². The highest BCUT2D eigenvalue weighted by molar-refractivity contribution is 5.69. The van der Waals surface area contributed by atoms with Gasteiger partial charge in [0.05, 0.1) is 0 Å². The van der Waals surface area contributed by atoms with Gasteiger partial charge in [-0.3, -0.25) is 4.79 Å². The molecular formula is C30H52O2. The van der Waals surface area contributed by atoms with Gasteiger partial charge in [-0.05, 0) is 24.0 Å². The molecule has 2 nitrogen and oxygen atoms in total. The third kappa shape index (κ3) is 17.3. The van der Waals surface area contributed by atoms with Crippen molar-refractivity contribution in [2.45, 2.75) is 149 Å². The van der Waals surface area contributed by atoms with E-state index < -0.39 is 0 Å². The van der Waals surface area contributed by atoms with Crippen LogP contribution in [0.3, 0.4) is 0 Å². The van der Waals surface area contributed by atoms with Crippen LogP contribution in [0.2, 0.25) is 0 Å². The second kappa shape index (κ2) is 21.5. The molecule has 2 heteroatoms. The molecule has 0 aliphatic heterocycles. The number of carbonyl (C=O) groups is 1. The second-order valence-corrected chi connectivity index (χ2v) is 9.63. The standard InChI is InChI=1S/C30H52O2/c1-3-5-6-7-8-9-10-11-12-13-14-15-16-17-18-19-20-22-30(31)32-27-29-25-23-28(21-4-2)24-26-29/h23-26H,3-22,27H2,1-2H3. The Kier molecular flexibility index (Phi) is 19.3. The van der Waals surface area contributed by atoms with Crippen LogP contribution in [0.25, 0.3) is 0 Å². The topological polar surface area (TPSA) is 26.3 Å². The maximum Gasteiger partial charge on any atom is 0.306 e. The van der Waals surface area contributed by atoms with Gasteiger partial charge in [-0.2, -0.15) is 0 Å². The van der Waals surface area contributed by atoms with Crippen molar-refractivity contribution in [3.63, 3.8) is 0 Å². The van der Waals surface area contributed by atoms with Crippen molar-refractivity contribution in [2.24, 2.45) is 0 Å². The molecule has 0 saturated heterocycles. The third-order valence-corrected chi connectivity index (χ3v) is 6.45. The van der Waals surface area contributed by atoms with E-state index in [9.17, 15) is 4.79 Å². The molecule has 0 heterocycles. The van der Waals surface area contributed by atoms with E-state index in [4.69, 9.17) is 4.74 Å². The van der Waals surface area contributed by atoms with Gasteiger partial charge in [0.25, 0.3) is 0 Å². The van der Waals surface area contributed by atoms with Crippen molar-refractivity contribution >= 4 is 5.97 Å². The van der Waals surface area contributed by atoms with Crippen molar-refractivity contribution in [2.75, 3.05) is 0 Å². The fourth-order valence-electron chi connectivity index (χ4n) is 4.32. The molecule has 0 unspecified atom stereocenters. The van der Waals surface area contributed by atoms with E-state index in [1.807, 2.05) is 0 Å². The Morgan fingerprint density at radius 1 is 0.562 bits per heavy atom. The molecule has 0 aliphatic carbocycles. The molecule has 1 aromatic rings. The van der Waals surface area contributed by atoms with Gasteiger partial charge in [0.1, 0.15) is 6.61 Å². The van der Waals surface area contributed by atoms with E-state index >= 15 is 0 Å². The number of benzene rings is 1. The highest BCUT2D eigenvalue weighted by Crippen LogP contribution is 2.15. The average Bonchev–Trinajstić information content (AvgIpc) is 2.81. The largest absolute Gasteiger partial charge is 0.461 e. The summed E-state index contributed by atoms with van der Waals surface area (Å²) in [4.78, 5) is 11.9. The maximum absolute atomic E-state index is 11.9. The van der Waals surface area contributed by atoms with Crippen LogP contribution >= 0.6 is 0 Å². The summed E-state index contributed by atoms with van der Waals surface area (Å²) in [6, 6.07) is 8.44. The lowest BCUT2D eigenvalue weighted by Gasteiger charge is -2.06. The van der Waals surface area contributed by atoms with E-state index in [2.05, 4.69) is 38.1 Å². The van der Waals surface area contributed by atoms with E-state index in [1.165, 1.54) is 102 Å². The molecular weight excluding hydrogens is 392 g/mol. The molecule has 0 radical (unpaired) electrons. The monoisotopic (exact) mass is 444 g/mol. The number of hydrogen-bond donors (Lipinski definition) is 0. The van der Waals surface area contributed by atoms with Crippen LogP contribution in [-0.4, -0.2) is 5.97 Å². The lowest BCUT2D eigenvalue weighted by atomic mass is 10.0. The fraction of sp³-hybridized carbons (Fsp3) is 0.767. The third-order valence-electron chi connectivity index (χ3n) is 6.45. The number of hydrogen-bond acceptors (Lipinski definition) is 2. The lowest BCUT2D eigenvalue weighted by molar-refractivity contribution is -0.145. The van der Waals surface area contributed by atoms with Gasteiger partial charge in [0.15, 0.2) is 0 Å². The van der Waals surface area contributed by atoms with Gasteiger partial charge in [-0.25, -0.2) is 0 Å². The molecule has 0 aliphatic rings. The summed E-state index contributed by atoms with van der Waals surface area (Å²) < 4.78 is 5.42. The Labute approximate surface area is 199 Å². The Hall–Kier alpha value is -1.31. The average molecular weight is 445 g/mol. The summed E-state index contributed by atoms with van der Waals surface area (Å²) in [5.74, 6) is -0.0522. The highest BCUT2D eigenvalue weighted by atomic mass is 16.5. The normalized spacial score (nSPS) is 11.1. The first-order chi connectivity index (χ1) is 15.8. The summed E-state index contributed by atoms with van der Waals surface area (Å²) in [7, 11) is 0. The molecule has 1 rings (SSSR count). The van der Waals surface area contributed by atoms with Crippen molar-refractivity contribution < 1.29 is 9.53 Å². The lowest BCUT2D eigenvalue weighted by Crippen LogP contribution is -2.04. The van der Waals surface area contributed by atoms with Crippen molar-refractivity contribution in [1.82, 2.24) is 0 Å². The highest BCUT2D eigenvalue weighted by Gasteiger charge is 2.04. The minimum Gasteiger partial charge on any atom is -0.461 e. The van der Waals surface area contributed by atoms with Crippen molar-refractivity contribution in [3.8, 4) is 0 Å². The first-order valence-electron chi connectivity index (χ1n) is 14.0. The van der Waals surface area contributed by atoms with Crippen LogP contribution in [0.15, 0.2) is 24.3 Å². The smallest absolute Gasteiger partial charge is 0.306 e. The molecule has 0 amide bonds. The number of ether oxygens (including phenoxy) is 1. The SMILES string of the molecule is CCCCCCCCCCCCCCCCCCCC(=O)OCc1ccc(CCC)cc1. The molecule has 32 heavy (non-hydrogen) atoms. The van der Waals surface area contributed by atoms with E-state index in [0.717, 1.165) is 31.2 Å². The van der Waals surface area contributed by atoms with Gasteiger partial charge in [-0.15, -0.1) is 0 Å². The van der Waals surface area contributed by atoms with E-state index in [0.29, 0.717) is 13.0 Å². The molecule has 184 valence electrons. The summed E-state index contributed by atoms with van der Waals surface area (Å²) in [5.41, 5.74) is 2.44. The van der Waals surface area contributed by atoms with Gasteiger partial charge >= 0.3 is 5.97 Å². The number of carbonyl (C=O) groups excluding carboxylic acids is 1. The van der Waals surface area contributed by atoms with Gasteiger partial charge in [-0.1, -0.05) is 147 Å². The predicted molar refractivity (Wildman–Crippen MR) is 139 cm³/mol. The van der Waals surface area contributed by atoms with Crippen LogP contribution in [0.5, 0.6) is 0 Å². The molecule has 1 aromatic carbocycles. The van der Waals surface area contributed by atoms with Crippen LogP contribution in [0.1, 0.15) is 147 Å². The minimum atomic E-state index is -0.0522. The van der Waals surface area contributed by atoms with Crippen LogP contribution < -0.4 is 0 Å². The summed E-state index contributed by atoms with van der Waals surface area (Å²) in [6.07, 6.45) is 26.0. The predicted octanol–water partition coefficient (Wildman–Crippen LogP) is 9.72. The first kappa shape index (κ1) is 28.7. The Morgan fingerprint density at radius 3 is 1.41 bits per heavy atom. The quantitative estimate of drug-likeness (QED) is 0.131. The molecule has 0 fully saturated rings. The molecule has 0 atom stereocenters. The first-order valence-corrected chi connectivity index (χ1v) is 14.0. The minimum absolute atomic E-state index is 0.0522. The molecule has 0 spiro atoms. The van der Waals surface area contributed by atoms with E-state index in [-0.39, 0.29) is 5.97 Å². The Bertz CT molecular complexity index is 534. The van der Waals surface area contributed by atoms with Crippen LogP contribution in [-0.2, 0) is 22.6 Å². The molecule has 0 saturated carbocycles.